The van der Waals surface area contributed by atoms with Crippen molar-refractivity contribution in [2.24, 2.45) is 17.9 Å². The highest BCUT2D eigenvalue weighted by molar-refractivity contribution is 6.10. The number of amidine groups is 1. The van der Waals surface area contributed by atoms with Crippen molar-refractivity contribution in [2.45, 2.75) is 6.92 Å². The van der Waals surface area contributed by atoms with Gasteiger partial charge >= 0.3 is 0 Å². The number of aromatic nitrogens is 2. The van der Waals surface area contributed by atoms with Crippen LogP contribution in [0.4, 0.5) is 10.1 Å². The molecule has 1 aromatic heterocycles. The number of anilines is 1. The summed E-state index contributed by atoms with van der Waals surface area (Å²) in [6.45, 7) is 1.75. The highest BCUT2D eigenvalue weighted by Crippen LogP contribution is 2.18. The Morgan fingerprint density at radius 2 is 2.19 bits per heavy atom. The van der Waals surface area contributed by atoms with Crippen molar-refractivity contribution in [3.63, 3.8) is 0 Å². The van der Waals surface area contributed by atoms with Crippen LogP contribution in [0.5, 0.6) is 0 Å². The molecule has 7 nitrogen and oxygen atoms in total. The van der Waals surface area contributed by atoms with Gasteiger partial charge in [0.25, 0.3) is 5.91 Å². The van der Waals surface area contributed by atoms with Gasteiger partial charge in [-0.15, -0.1) is 0 Å². The molecule has 0 atom stereocenters. The van der Waals surface area contributed by atoms with Gasteiger partial charge in [0.1, 0.15) is 5.82 Å². The first-order valence-corrected chi connectivity index (χ1v) is 6.01. The SMILES string of the molecule is Cc1c(C(=O)Nc2ccc(F)cc2/C(N)=N/O)cnn1C. The molecule has 0 aliphatic heterocycles. The van der Waals surface area contributed by atoms with Gasteiger partial charge in [0.05, 0.1) is 17.4 Å². The first kappa shape index (κ1) is 14.5. The maximum Gasteiger partial charge on any atom is 0.259 e. The third-order valence-electron chi connectivity index (χ3n) is 3.09. The third kappa shape index (κ3) is 2.83. The van der Waals surface area contributed by atoms with Gasteiger partial charge in [-0.3, -0.25) is 9.48 Å². The van der Waals surface area contributed by atoms with E-state index < -0.39 is 11.7 Å². The number of hydrogen-bond donors (Lipinski definition) is 3. The van der Waals surface area contributed by atoms with Gasteiger partial charge in [-0.2, -0.15) is 5.10 Å². The topological polar surface area (TPSA) is 106 Å². The minimum Gasteiger partial charge on any atom is -0.409 e. The van der Waals surface area contributed by atoms with Gasteiger partial charge in [0.2, 0.25) is 0 Å². The molecule has 1 heterocycles. The van der Waals surface area contributed by atoms with Crippen molar-refractivity contribution >= 4 is 17.4 Å². The number of carbonyl (C=O) groups is 1. The van der Waals surface area contributed by atoms with Gasteiger partial charge in [0.15, 0.2) is 5.84 Å². The van der Waals surface area contributed by atoms with Crippen LogP contribution in [-0.4, -0.2) is 26.7 Å². The van der Waals surface area contributed by atoms with E-state index in [0.29, 0.717) is 11.3 Å². The smallest absolute Gasteiger partial charge is 0.259 e. The molecule has 0 radical (unpaired) electrons. The van der Waals surface area contributed by atoms with Crippen LogP contribution in [0.1, 0.15) is 21.6 Å². The quantitative estimate of drug-likeness (QED) is 0.342. The predicted octanol–water partition coefficient (Wildman–Crippen LogP) is 1.21. The summed E-state index contributed by atoms with van der Waals surface area (Å²) in [6, 6.07) is 3.58. The zero-order chi connectivity index (χ0) is 15.6. The number of nitrogens with two attached hydrogens (primary N) is 1. The monoisotopic (exact) mass is 291 g/mol. The second-order valence-corrected chi connectivity index (χ2v) is 4.40. The Morgan fingerprint density at radius 1 is 1.48 bits per heavy atom. The fourth-order valence-electron chi connectivity index (χ4n) is 1.80. The average Bonchev–Trinajstić information content (AvgIpc) is 2.80. The highest BCUT2D eigenvalue weighted by atomic mass is 19.1. The van der Waals surface area contributed by atoms with Crippen LogP contribution in [0.3, 0.4) is 0 Å². The number of benzene rings is 1. The van der Waals surface area contributed by atoms with E-state index in [1.165, 1.54) is 18.3 Å². The Balaban J connectivity index is 2.36. The first-order valence-electron chi connectivity index (χ1n) is 6.01. The van der Waals surface area contributed by atoms with Gasteiger partial charge in [-0.25, -0.2) is 4.39 Å². The minimum absolute atomic E-state index is 0.0902. The number of amides is 1. The molecule has 110 valence electrons. The van der Waals surface area contributed by atoms with Crippen LogP contribution in [0.15, 0.2) is 29.6 Å². The number of nitrogens with one attached hydrogen (secondary N) is 1. The minimum atomic E-state index is -0.563. The first-order chi connectivity index (χ1) is 9.93. The van der Waals surface area contributed by atoms with E-state index in [-0.39, 0.29) is 17.1 Å². The normalized spacial score (nSPS) is 11.5. The van der Waals surface area contributed by atoms with E-state index in [9.17, 15) is 9.18 Å². The van der Waals surface area contributed by atoms with Crippen molar-refractivity contribution in [1.82, 2.24) is 9.78 Å². The average molecular weight is 291 g/mol. The van der Waals surface area contributed by atoms with Crippen molar-refractivity contribution < 1.29 is 14.4 Å². The fraction of sp³-hybridized carbons (Fsp3) is 0.154. The summed E-state index contributed by atoms with van der Waals surface area (Å²) in [6.07, 6.45) is 1.43. The van der Waals surface area contributed by atoms with Crippen LogP contribution < -0.4 is 11.1 Å². The van der Waals surface area contributed by atoms with E-state index in [1.54, 1.807) is 18.7 Å². The van der Waals surface area contributed by atoms with Gasteiger partial charge in [-0.1, -0.05) is 5.16 Å². The molecule has 21 heavy (non-hydrogen) atoms. The maximum absolute atomic E-state index is 13.3. The highest BCUT2D eigenvalue weighted by Gasteiger charge is 2.16. The summed E-state index contributed by atoms with van der Waals surface area (Å²) in [5.74, 6) is -1.28. The Bertz CT molecular complexity index is 723. The Morgan fingerprint density at radius 3 is 2.76 bits per heavy atom. The van der Waals surface area contributed by atoms with Crippen LogP contribution in [0.25, 0.3) is 0 Å². The number of rotatable bonds is 3. The van der Waals surface area contributed by atoms with Crippen LogP contribution in [0.2, 0.25) is 0 Å². The molecule has 0 unspecified atom stereocenters. The summed E-state index contributed by atoms with van der Waals surface area (Å²) in [7, 11) is 1.71. The molecular weight excluding hydrogens is 277 g/mol. The number of halogens is 1. The summed E-state index contributed by atoms with van der Waals surface area (Å²) in [4.78, 5) is 12.2. The lowest BCUT2D eigenvalue weighted by atomic mass is 10.1. The molecule has 0 aliphatic rings. The van der Waals surface area contributed by atoms with Crippen molar-refractivity contribution in [2.75, 3.05) is 5.32 Å². The Labute approximate surface area is 119 Å². The van der Waals surface area contributed by atoms with E-state index in [1.807, 2.05) is 0 Å². The predicted molar refractivity (Wildman–Crippen MR) is 74.8 cm³/mol. The summed E-state index contributed by atoms with van der Waals surface area (Å²) >= 11 is 0. The van der Waals surface area contributed by atoms with Crippen molar-refractivity contribution in [3.8, 4) is 0 Å². The lowest BCUT2D eigenvalue weighted by molar-refractivity contribution is 0.102. The Kier molecular flexibility index (Phi) is 3.88. The third-order valence-corrected chi connectivity index (χ3v) is 3.09. The number of aryl methyl sites for hydroxylation is 1. The molecule has 4 N–H and O–H groups in total. The summed E-state index contributed by atoms with van der Waals surface area (Å²) in [5.41, 5.74) is 6.87. The van der Waals surface area contributed by atoms with Crippen LogP contribution >= 0.6 is 0 Å². The molecule has 2 aromatic rings. The van der Waals surface area contributed by atoms with Gasteiger partial charge in [0, 0.05) is 18.3 Å². The second-order valence-electron chi connectivity index (χ2n) is 4.40. The molecule has 1 amide bonds. The van der Waals surface area contributed by atoms with E-state index in [2.05, 4.69) is 15.6 Å². The standard InChI is InChI=1S/C13H14FN5O2/c1-7-10(6-16-19(7)2)13(20)17-11-4-3-8(14)5-9(11)12(15)18-21/h3-6,21H,1-2H3,(H2,15,18)(H,17,20). The summed E-state index contributed by atoms with van der Waals surface area (Å²) < 4.78 is 14.8. The molecular formula is C13H14FN5O2. The van der Waals surface area contributed by atoms with E-state index >= 15 is 0 Å². The van der Waals surface area contributed by atoms with Gasteiger partial charge < -0.3 is 16.3 Å². The number of hydrogen-bond acceptors (Lipinski definition) is 4. The fourth-order valence-corrected chi connectivity index (χ4v) is 1.80. The molecule has 8 heteroatoms. The zero-order valence-corrected chi connectivity index (χ0v) is 11.5. The molecule has 0 saturated heterocycles. The molecule has 2 rings (SSSR count). The molecule has 1 aromatic carbocycles. The molecule has 0 aliphatic carbocycles. The lowest BCUT2D eigenvalue weighted by Gasteiger charge is -2.10. The van der Waals surface area contributed by atoms with Crippen LogP contribution in [-0.2, 0) is 7.05 Å². The van der Waals surface area contributed by atoms with Crippen molar-refractivity contribution in [3.05, 3.63) is 47.0 Å². The number of oxime groups is 1. The number of nitrogens with zero attached hydrogens (tertiary/aromatic N) is 3. The zero-order valence-electron chi connectivity index (χ0n) is 11.5. The number of carbonyl (C=O) groups excluding carboxylic acids is 1. The van der Waals surface area contributed by atoms with Crippen LogP contribution in [0, 0.1) is 12.7 Å². The largest absolute Gasteiger partial charge is 0.409 e. The molecule has 0 fully saturated rings. The second kappa shape index (κ2) is 5.61. The summed E-state index contributed by atoms with van der Waals surface area (Å²) in [5, 5.41) is 18.1. The van der Waals surface area contributed by atoms with Crippen molar-refractivity contribution in [1.29, 1.82) is 0 Å². The Hall–Kier alpha value is -2.90. The maximum atomic E-state index is 13.3. The molecule has 0 saturated carbocycles. The van der Waals surface area contributed by atoms with Gasteiger partial charge in [-0.05, 0) is 25.1 Å². The lowest BCUT2D eigenvalue weighted by Crippen LogP contribution is -2.19. The molecule has 0 spiro atoms. The molecule has 0 bridgehead atoms. The van der Waals surface area contributed by atoms with E-state index in [4.69, 9.17) is 10.9 Å². The van der Waals surface area contributed by atoms with E-state index in [0.717, 1.165) is 6.07 Å².